The Morgan fingerprint density at radius 3 is 2.33 bits per heavy atom. The number of halogens is 1. The fraction of sp³-hybridized carbons (Fsp3) is 0.667. The van der Waals surface area contributed by atoms with Gasteiger partial charge in [-0.1, -0.05) is 0 Å². The Balaban J connectivity index is 0. The number of carbonyl (C=O) groups is 1. The molecule has 0 heterocycles. The third kappa shape index (κ3) is 9.25. The van der Waals surface area contributed by atoms with Crippen LogP contribution in [-0.4, -0.2) is 13.1 Å². The van der Waals surface area contributed by atoms with Crippen LogP contribution in [0.5, 0.6) is 0 Å². The van der Waals surface area contributed by atoms with Crippen molar-refractivity contribution in [3.8, 4) is 0 Å². The molecule has 0 aliphatic rings. The van der Waals surface area contributed by atoms with Crippen LogP contribution in [0.25, 0.3) is 0 Å². The zero-order valence-electron chi connectivity index (χ0n) is 3.51. The molecule has 0 spiro atoms. The molecule has 0 amide bonds. The zero-order chi connectivity index (χ0) is 4.12. The van der Waals surface area contributed by atoms with Crippen LogP contribution in [0.1, 0.15) is 6.92 Å². The van der Waals surface area contributed by atoms with Crippen molar-refractivity contribution in [2.75, 3.05) is 6.61 Å². The molecule has 0 bridgehead atoms. The van der Waals surface area contributed by atoms with Gasteiger partial charge in [-0.15, -0.1) is 12.4 Å². The molecule has 0 aliphatic heterocycles. The van der Waals surface area contributed by atoms with E-state index in [1.165, 1.54) is 0 Å². The van der Waals surface area contributed by atoms with Crippen molar-refractivity contribution in [3.63, 3.8) is 0 Å². The Bertz CT molecular complexity index is 30.0. The fourth-order valence-electron chi connectivity index (χ4n) is 0.0680. The van der Waals surface area contributed by atoms with Gasteiger partial charge in [0.05, 0.1) is 6.61 Å². The maximum Gasteiger partial charge on any atom is 0.293 e. The van der Waals surface area contributed by atoms with Crippen molar-refractivity contribution in [2.24, 2.45) is 0 Å². The van der Waals surface area contributed by atoms with Crippen LogP contribution < -0.4 is 0 Å². The van der Waals surface area contributed by atoms with Crippen LogP contribution in [0.3, 0.4) is 0 Å². The second-order valence-electron chi connectivity index (χ2n) is 0.552. The lowest BCUT2D eigenvalue weighted by molar-refractivity contribution is -0.128. The molecule has 0 saturated carbocycles. The molecule has 0 atom stereocenters. The Morgan fingerprint density at radius 2 is 2.33 bits per heavy atom. The van der Waals surface area contributed by atoms with Crippen molar-refractivity contribution in [1.29, 1.82) is 0 Å². The van der Waals surface area contributed by atoms with Gasteiger partial charge in [-0.05, 0) is 6.92 Å². The van der Waals surface area contributed by atoms with Gasteiger partial charge in [0.25, 0.3) is 6.47 Å². The summed E-state index contributed by atoms with van der Waals surface area (Å²) in [5.41, 5.74) is 0. The van der Waals surface area contributed by atoms with Crippen molar-refractivity contribution in [1.82, 2.24) is 0 Å². The lowest BCUT2D eigenvalue weighted by Gasteiger charge is -1.79. The maximum absolute atomic E-state index is 9.18. The Kier molecular flexibility index (Phi) is 13.6. The molecule has 0 aromatic carbocycles. The van der Waals surface area contributed by atoms with E-state index in [2.05, 4.69) is 4.74 Å². The Morgan fingerprint density at radius 1 is 1.83 bits per heavy atom. The molecule has 0 saturated heterocycles. The van der Waals surface area contributed by atoms with Crippen LogP contribution in [0.15, 0.2) is 0 Å². The normalized spacial score (nSPS) is 5.50. The lowest BCUT2D eigenvalue weighted by Crippen LogP contribution is -1.80. The average molecular weight is 111 g/mol. The SMILES string of the molecule is CCOC=O.Cl. The predicted octanol–water partition coefficient (Wildman–Crippen LogP) is 0.601. The van der Waals surface area contributed by atoms with E-state index in [9.17, 15) is 4.79 Å². The predicted molar refractivity (Wildman–Crippen MR) is 24.9 cm³/mol. The van der Waals surface area contributed by atoms with Crippen LogP contribution in [0.2, 0.25) is 0 Å². The monoisotopic (exact) mass is 110 g/mol. The molecular weight excluding hydrogens is 103 g/mol. The summed E-state index contributed by atoms with van der Waals surface area (Å²) in [7, 11) is 0. The summed E-state index contributed by atoms with van der Waals surface area (Å²) in [5.74, 6) is 0. The number of hydrogen-bond donors (Lipinski definition) is 0. The molecule has 38 valence electrons. The summed E-state index contributed by atoms with van der Waals surface area (Å²) in [6.07, 6.45) is 0. The van der Waals surface area contributed by atoms with Gasteiger partial charge in [-0.2, -0.15) is 0 Å². The summed E-state index contributed by atoms with van der Waals surface area (Å²) in [6, 6.07) is 0. The minimum atomic E-state index is 0. The summed E-state index contributed by atoms with van der Waals surface area (Å²) >= 11 is 0. The first-order valence-electron chi connectivity index (χ1n) is 1.47. The van der Waals surface area contributed by atoms with Gasteiger partial charge in [-0.3, -0.25) is 4.79 Å². The van der Waals surface area contributed by atoms with E-state index in [-0.39, 0.29) is 12.4 Å². The minimum Gasteiger partial charge on any atom is -0.468 e. The molecule has 2 nitrogen and oxygen atoms in total. The van der Waals surface area contributed by atoms with Gasteiger partial charge in [-0.25, -0.2) is 0 Å². The molecule has 3 heteroatoms. The molecule has 0 unspecified atom stereocenters. The van der Waals surface area contributed by atoms with Gasteiger partial charge in [0.1, 0.15) is 0 Å². The molecule has 0 fully saturated rings. The standard InChI is InChI=1S/C3H6O2.ClH/c1-2-5-3-4;/h3H,2H2,1H3;1H. The quantitative estimate of drug-likeness (QED) is 0.487. The van der Waals surface area contributed by atoms with Crippen molar-refractivity contribution in [2.45, 2.75) is 6.92 Å². The van der Waals surface area contributed by atoms with E-state index in [0.29, 0.717) is 13.1 Å². The van der Waals surface area contributed by atoms with Gasteiger partial charge in [0.2, 0.25) is 0 Å². The smallest absolute Gasteiger partial charge is 0.293 e. The van der Waals surface area contributed by atoms with Gasteiger partial charge < -0.3 is 4.74 Å². The highest BCUT2D eigenvalue weighted by Crippen LogP contribution is 1.55. The number of carbonyl (C=O) groups excluding carboxylic acids is 1. The molecule has 0 N–H and O–H groups in total. The molecule has 0 aliphatic carbocycles. The topological polar surface area (TPSA) is 26.3 Å². The first kappa shape index (κ1) is 9.23. The highest BCUT2D eigenvalue weighted by Gasteiger charge is 1.60. The highest BCUT2D eigenvalue weighted by molar-refractivity contribution is 5.85. The largest absolute Gasteiger partial charge is 0.468 e. The second-order valence-corrected chi connectivity index (χ2v) is 0.552. The van der Waals surface area contributed by atoms with Gasteiger partial charge in [0.15, 0.2) is 0 Å². The fourth-order valence-corrected chi connectivity index (χ4v) is 0.0680. The van der Waals surface area contributed by atoms with Crippen molar-refractivity contribution in [3.05, 3.63) is 0 Å². The molecule has 0 aromatic rings. The van der Waals surface area contributed by atoms with E-state index in [0.717, 1.165) is 0 Å². The summed E-state index contributed by atoms with van der Waals surface area (Å²) < 4.78 is 4.15. The van der Waals surface area contributed by atoms with E-state index in [1.54, 1.807) is 6.92 Å². The molecule has 0 radical (unpaired) electrons. The second kappa shape index (κ2) is 8.83. The van der Waals surface area contributed by atoms with Crippen LogP contribution in [-0.2, 0) is 9.53 Å². The van der Waals surface area contributed by atoms with E-state index in [1.807, 2.05) is 0 Å². The summed E-state index contributed by atoms with van der Waals surface area (Å²) in [5, 5.41) is 0. The van der Waals surface area contributed by atoms with Crippen LogP contribution >= 0.6 is 12.4 Å². The van der Waals surface area contributed by atoms with Crippen LogP contribution in [0.4, 0.5) is 0 Å². The number of ether oxygens (including phenoxy) is 1. The third-order valence-electron chi connectivity index (χ3n) is 0.235. The zero-order valence-corrected chi connectivity index (χ0v) is 4.33. The average Bonchev–Trinajstić information content (AvgIpc) is 1.41. The number of rotatable bonds is 2. The van der Waals surface area contributed by atoms with Gasteiger partial charge in [0, 0.05) is 0 Å². The van der Waals surface area contributed by atoms with Gasteiger partial charge >= 0.3 is 0 Å². The molecule has 0 rings (SSSR count). The molecule has 0 aromatic heterocycles. The molecule has 6 heavy (non-hydrogen) atoms. The summed E-state index contributed by atoms with van der Waals surface area (Å²) in [6.45, 7) is 2.66. The van der Waals surface area contributed by atoms with E-state index >= 15 is 0 Å². The molecular formula is C3H7ClO2. The first-order chi connectivity index (χ1) is 2.41. The Labute approximate surface area is 42.9 Å². The highest BCUT2D eigenvalue weighted by atomic mass is 35.5. The van der Waals surface area contributed by atoms with Crippen molar-refractivity contribution < 1.29 is 9.53 Å². The maximum atomic E-state index is 9.18. The third-order valence-corrected chi connectivity index (χ3v) is 0.235. The number of hydrogen-bond acceptors (Lipinski definition) is 2. The summed E-state index contributed by atoms with van der Waals surface area (Å²) in [4.78, 5) is 9.18. The van der Waals surface area contributed by atoms with E-state index in [4.69, 9.17) is 0 Å². The first-order valence-corrected chi connectivity index (χ1v) is 1.47. The Hall–Kier alpha value is -0.240. The van der Waals surface area contributed by atoms with E-state index < -0.39 is 0 Å². The lowest BCUT2D eigenvalue weighted by atomic mass is 10.9. The van der Waals surface area contributed by atoms with Crippen molar-refractivity contribution >= 4 is 18.9 Å². The minimum absolute atomic E-state index is 0. The van der Waals surface area contributed by atoms with Crippen LogP contribution in [0, 0.1) is 0 Å².